The van der Waals surface area contributed by atoms with Crippen molar-refractivity contribution in [3.8, 4) is 0 Å². The monoisotopic (exact) mass is 262 g/mol. The van der Waals surface area contributed by atoms with Crippen molar-refractivity contribution in [2.45, 2.75) is 31.6 Å². The molecule has 0 heterocycles. The molecule has 0 aliphatic carbocycles. The minimum atomic E-state index is -0.554. The lowest BCUT2D eigenvalue weighted by Gasteiger charge is -2.13. The Morgan fingerprint density at radius 1 is 1.44 bits per heavy atom. The van der Waals surface area contributed by atoms with Crippen molar-refractivity contribution in [2.75, 3.05) is 5.75 Å². The third kappa shape index (κ3) is 4.32. The highest BCUT2D eigenvalue weighted by Gasteiger charge is 2.13. The van der Waals surface area contributed by atoms with Gasteiger partial charge in [-0.2, -0.15) is 11.8 Å². The first-order chi connectivity index (χ1) is 7.50. The zero-order chi connectivity index (χ0) is 12.1. The van der Waals surface area contributed by atoms with Crippen molar-refractivity contribution in [2.24, 2.45) is 0 Å². The standard InChI is InChI=1S/C12H16ClFOS/c1-8(2)16-7-9(15)6-10-11(13)4-3-5-12(10)14/h3-5,8-9,15H,6-7H2,1-2H3. The van der Waals surface area contributed by atoms with Crippen LogP contribution in [0, 0.1) is 5.82 Å². The first kappa shape index (κ1) is 13.8. The van der Waals surface area contributed by atoms with Crippen molar-refractivity contribution < 1.29 is 9.50 Å². The molecule has 0 aliphatic heterocycles. The molecule has 1 nitrogen and oxygen atoms in total. The molecule has 1 unspecified atom stereocenters. The van der Waals surface area contributed by atoms with E-state index in [4.69, 9.17) is 11.6 Å². The van der Waals surface area contributed by atoms with Gasteiger partial charge in [0, 0.05) is 22.8 Å². The van der Waals surface area contributed by atoms with Crippen molar-refractivity contribution in [1.82, 2.24) is 0 Å². The average Bonchev–Trinajstić information content (AvgIpc) is 2.21. The van der Waals surface area contributed by atoms with Crippen molar-refractivity contribution in [3.63, 3.8) is 0 Å². The van der Waals surface area contributed by atoms with Crippen LogP contribution in [0.25, 0.3) is 0 Å². The number of hydrogen-bond acceptors (Lipinski definition) is 2. The van der Waals surface area contributed by atoms with Gasteiger partial charge in [-0.25, -0.2) is 4.39 Å². The molecule has 0 saturated heterocycles. The second kappa shape index (κ2) is 6.48. The maximum atomic E-state index is 13.4. The summed E-state index contributed by atoms with van der Waals surface area (Å²) in [5.74, 6) is 0.253. The Hall–Kier alpha value is -0.250. The normalized spacial score (nSPS) is 13.1. The van der Waals surface area contributed by atoms with Crippen LogP contribution < -0.4 is 0 Å². The fourth-order valence-electron chi connectivity index (χ4n) is 1.33. The lowest BCUT2D eigenvalue weighted by Crippen LogP contribution is -2.16. The van der Waals surface area contributed by atoms with E-state index in [0.717, 1.165) is 0 Å². The minimum Gasteiger partial charge on any atom is -0.392 e. The summed E-state index contributed by atoms with van der Waals surface area (Å²) in [6, 6.07) is 4.57. The number of aliphatic hydroxyl groups is 1. The highest BCUT2D eigenvalue weighted by molar-refractivity contribution is 7.99. The molecule has 0 aliphatic rings. The number of aliphatic hydroxyl groups excluding tert-OH is 1. The molecule has 0 radical (unpaired) electrons. The number of thioether (sulfide) groups is 1. The van der Waals surface area contributed by atoms with Crippen molar-refractivity contribution in [1.29, 1.82) is 0 Å². The van der Waals surface area contributed by atoms with Crippen LogP contribution in [-0.2, 0) is 6.42 Å². The van der Waals surface area contributed by atoms with Gasteiger partial charge in [0.25, 0.3) is 0 Å². The van der Waals surface area contributed by atoms with Crippen molar-refractivity contribution in [3.05, 3.63) is 34.6 Å². The van der Waals surface area contributed by atoms with E-state index in [1.54, 1.807) is 23.9 Å². The van der Waals surface area contributed by atoms with Gasteiger partial charge in [-0.05, 0) is 17.4 Å². The third-order valence-electron chi connectivity index (χ3n) is 2.12. The quantitative estimate of drug-likeness (QED) is 0.876. The first-order valence-electron chi connectivity index (χ1n) is 5.23. The van der Waals surface area contributed by atoms with Crippen LogP contribution in [0.3, 0.4) is 0 Å². The molecule has 1 rings (SSSR count). The van der Waals surface area contributed by atoms with Gasteiger partial charge in [-0.3, -0.25) is 0 Å². The fraction of sp³-hybridized carbons (Fsp3) is 0.500. The van der Waals surface area contributed by atoms with Gasteiger partial charge in [0.1, 0.15) is 5.82 Å². The Morgan fingerprint density at radius 2 is 2.12 bits per heavy atom. The molecular weight excluding hydrogens is 247 g/mol. The molecule has 0 fully saturated rings. The third-order valence-corrected chi connectivity index (χ3v) is 3.72. The smallest absolute Gasteiger partial charge is 0.127 e. The van der Waals surface area contributed by atoms with Gasteiger partial charge in [0.2, 0.25) is 0 Å². The fourth-order valence-corrected chi connectivity index (χ4v) is 2.29. The Kier molecular flexibility index (Phi) is 5.59. The van der Waals surface area contributed by atoms with Crippen LogP contribution in [0.4, 0.5) is 4.39 Å². The van der Waals surface area contributed by atoms with Crippen LogP contribution in [0.5, 0.6) is 0 Å². The Labute approximate surface area is 105 Å². The summed E-state index contributed by atoms with van der Waals surface area (Å²) in [6.07, 6.45) is -0.285. The predicted molar refractivity (Wildman–Crippen MR) is 68.7 cm³/mol. The molecule has 16 heavy (non-hydrogen) atoms. The van der Waals surface area contributed by atoms with Crippen molar-refractivity contribution >= 4 is 23.4 Å². The number of hydrogen-bond donors (Lipinski definition) is 1. The van der Waals surface area contributed by atoms with E-state index in [2.05, 4.69) is 13.8 Å². The lowest BCUT2D eigenvalue weighted by atomic mass is 10.1. The molecule has 0 bridgehead atoms. The number of halogens is 2. The largest absolute Gasteiger partial charge is 0.392 e. The molecule has 1 N–H and O–H groups in total. The summed E-state index contributed by atoms with van der Waals surface area (Å²) in [7, 11) is 0. The summed E-state index contributed by atoms with van der Waals surface area (Å²) in [6.45, 7) is 4.13. The van der Waals surface area contributed by atoms with E-state index < -0.39 is 6.10 Å². The Morgan fingerprint density at radius 3 is 2.69 bits per heavy atom. The van der Waals surface area contributed by atoms with E-state index in [1.165, 1.54) is 6.07 Å². The molecule has 0 amide bonds. The molecular formula is C12H16ClFOS. The Balaban J connectivity index is 2.59. The summed E-state index contributed by atoms with van der Waals surface area (Å²) in [4.78, 5) is 0. The summed E-state index contributed by atoms with van der Waals surface area (Å²) < 4.78 is 13.4. The van der Waals surface area contributed by atoms with Gasteiger partial charge >= 0.3 is 0 Å². The highest BCUT2D eigenvalue weighted by Crippen LogP contribution is 2.22. The molecule has 0 saturated carbocycles. The SMILES string of the molecule is CC(C)SCC(O)Cc1c(F)cccc1Cl. The number of rotatable bonds is 5. The predicted octanol–water partition coefficient (Wildman–Crippen LogP) is 3.52. The van der Waals surface area contributed by atoms with Crippen LogP contribution in [-0.4, -0.2) is 22.2 Å². The van der Waals surface area contributed by atoms with Crippen LogP contribution >= 0.6 is 23.4 Å². The van der Waals surface area contributed by atoms with Crippen LogP contribution in [0.15, 0.2) is 18.2 Å². The molecule has 0 spiro atoms. The maximum absolute atomic E-state index is 13.4. The van der Waals surface area contributed by atoms with Gasteiger partial charge in [0.15, 0.2) is 0 Å². The molecule has 90 valence electrons. The zero-order valence-electron chi connectivity index (χ0n) is 9.41. The summed E-state index contributed by atoms with van der Waals surface area (Å²) in [5, 5.41) is 10.6. The average molecular weight is 263 g/mol. The second-order valence-electron chi connectivity index (χ2n) is 3.94. The molecule has 1 atom stereocenters. The molecule has 1 aromatic carbocycles. The Bertz CT molecular complexity index is 324. The second-order valence-corrected chi connectivity index (χ2v) is 5.96. The van der Waals surface area contributed by atoms with E-state index in [-0.39, 0.29) is 12.2 Å². The first-order valence-corrected chi connectivity index (χ1v) is 6.66. The highest BCUT2D eigenvalue weighted by atomic mass is 35.5. The molecule has 1 aromatic rings. The molecule has 4 heteroatoms. The number of benzene rings is 1. The topological polar surface area (TPSA) is 20.2 Å². The van der Waals surface area contributed by atoms with E-state index in [1.807, 2.05) is 0 Å². The maximum Gasteiger partial charge on any atom is 0.127 e. The lowest BCUT2D eigenvalue weighted by molar-refractivity contribution is 0.198. The van der Waals surface area contributed by atoms with Gasteiger partial charge in [0.05, 0.1) is 6.10 Å². The summed E-state index contributed by atoms with van der Waals surface area (Å²) in [5.41, 5.74) is 0.404. The van der Waals surface area contributed by atoms with Gasteiger partial charge < -0.3 is 5.11 Å². The van der Waals surface area contributed by atoms with Crippen LogP contribution in [0.2, 0.25) is 5.02 Å². The molecule has 0 aromatic heterocycles. The van der Waals surface area contributed by atoms with Gasteiger partial charge in [-0.15, -0.1) is 0 Å². The zero-order valence-corrected chi connectivity index (χ0v) is 11.0. The summed E-state index contributed by atoms with van der Waals surface area (Å²) >= 11 is 7.53. The minimum absolute atomic E-state index is 0.269. The van der Waals surface area contributed by atoms with Gasteiger partial charge in [-0.1, -0.05) is 31.5 Å². The van der Waals surface area contributed by atoms with E-state index in [0.29, 0.717) is 21.6 Å². The van der Waals surface area contributed by atoms with E-state index >= 15 is 0 Å². The van der Waals surface area contributed by atoms with Crippen LogP contribution in [0.1, 0.15) is 19.4 Å². The van der Waals surface area contributed by atoms with E-state index in [9.17, 15) is 9.50 Å².